The highest BCUT2D eigenvalue weighted by Crippen LogP contribution is 2.44. The van der Waals surface area contributed by atoms with Crippen LogP contribution < -0.4 is 10.6 Å². The molecular weight excluding hydrogens is 441 g/mol. The summed E-state index contributed by atoms with van der Waals surface area (Å²) in [6.45, 7) is 0.0403. The summed E-state index contributed by atoms with van der Waals surface area (Å²) < 4.78 is 18.8. The van der Waals surface area contributed by atoms with Crippen molar-refractivity contribution in [3.05, 3.63) is 83.8 Å². The number of nitrogens with one attached hydrogen (secondary N) is 2. The van der Waals surface area contributed by atoms with Gasteiger partial charge in [-0.2, -0.15) is 4.39 Å². The van der Waals surface area contributed by atoms with Crippen LogP contribution in [0.3, 0.4) is 0 Å². The Kier molecular flexibility index (Phi) is 6.82. The highest BCUT2D eigenvalue weighted by Gasteiger charge is 2.30. The van der Waals surface area contributed by atoms with Gasteiger partial charge in [0.15, 0.2) is 0 Å². The molecule has 1 aromatic heterocycles. The van der Waals surface area contributed by atoms with E-state index >= 15 is 0 Å². The zero-order valence-corrected chi connectivity index (χ0v) is 18.0. The van der Waals surface area contributed by atoms with Gasteiger partial charge in [0.05, 0.1) is 0 Å². The number of halogens is 1. The molecule has 0 saturated heterocycles. The Balaban J connectivity index is 1.43. The van der Waals surface area contributed by atoms with Gasteiger partial charge in [0.2, 0.25) is 11.9 Å². The molecule has 3 aromatic rings. The van der Waals surface area contributed by atoms with Gasteiger partial charge in [-0.05, 0) is 40.8 Å². The van der Waals surface area contributed by atoms with Crippen LogP contribution >= 0.6 is 0 Å². The number of aliphatic carboxylic acids is 1. The Hall–Kier alpha value is -4.27. The SMILES string of the molecule is O=C(O)CCC(NC(=O)OCC1c2ccccc2-c2ccccc21)C(=O)Nc1cccc(F)n1. The Labute approximate surface area is 194 Å². The van der Waals surface area contributed by atoms with Crippen molar-refractivity contribution in [1.29, 1.82) is 0 Å². The smallest absolute Gasteiger partial charge is 0.407 e. The van der Waals surface area contributed by atoms with Crippen LogP contribution in [0.15, 0.2) is 66.7 Å². The van der Waals surface area contributed by atoms with E-state index < -0.39 is 30.0 Å². The van der Waals surface area contributed by atoms with Crippen molar-refractivity contribution in [2.45, 2.75) is 24.8 Å². The molecule has 9 heteroatoms. The molecule has 1 unspecified atom stereocenters. The molecule has 2 amide bonds. The third-order valence-corrected chi connectivity index (χ3v) is 5.57. The second-order valence-electron chi connectivity index (χ2n) is 7.79. The van der Waals surface area contributed by atoms with Crippen LogP contribution in [0, 0.1) is 5.95 Å². The number of rotatable bonds is 8. The number of fused-ring (bicyclic) bond motifs is 3. The number of carbonyl (C=O) groups is 3. The van der Waals surface area contributed by atoms with Gasteiger partial charge < -0.3 is 20.5 Å². The maximum Gasteiger partial charge on any atom is 0.407 e. The van der Waals surface area contributed by atoms with E-state index in [1.165, 1.54) is 12.1 Å². The molecule has 0 fully saturated rings. The van der Waals surface area contributed by atoms with Crippen molar-refractivity contribution in [3.8, 4) is 11.1 Å². The van der Waals surface area contributed by atoms with Crippen LogP contribution in [0.4, 0.5) is 15.0 Å². The maximum atomic E-state index is 13.3. The molecule has 0 spiro atoms. The summed E-state index contributed by atoms with van der Waals surface area (Å²) >= 11 is 0. The minimum absolute atomic E-state index is 0.0403. The number of anilines is 1. The van der Waals surface area contributed by atoms with E-state index in [0.29, 0.717) is 0 Å². The molecule has 1 heterocycles. The summed E-state index contributed by atoms with van der Waals surface area (Å²) in [5.41, 5.74) is 4.23. The first-order chi connectivity index (χ1) is 16.4. The van der Waals surface area contributed by atoms with Crippen molar-refractivity contribution < 1.29 is 28.6 Å². The zero-order valence-electron chi connectivity index (χ0n) is 18.0. The molecule has 2 aromatic carbocycles. The van der Waals surface area contributed by atoms with Gasteiger partial charge in [0, 0.05) is 12.3 Å². The lowest BCUT2D eigenvalue weighted by molar-refractivity contribution is -0.137. The quantitative estimate of drug-likeness (QED) is 0.436. The number of aromatic nitrogens is 1. The van der Waals surface area contributed by atoms with E-state index in [-0.39, 0.29) is 31.2 Å². The predicted octanol–water partition coefficient (Wildman–Crippen LogP) is 3.93. The average Bonchev–Trinajstić information content (AvgIpc) is 3.14. The molecular formula is C25H22FN3O5. The molecule has 1 aliphatic rings. The van der Waals surface area contributed by atoms with E-state index in [4.69, 9.17) is 9.84 Å². The van der Waals surface area contributed by atoms with E-state index in [9.17, 15) is 18.8 Å². The summed E-state index contributed by atoms with van der Waals surface area (Å²) in [7, 11) is 0. The van der Waals surface area contributed by atoms with E-state index in [1.54, 1.807) is 0 Å². The van der Waals surface area contributed by atoms with Gasteiger partial charge in [-0.1, -0.05) is 54.6 Å². The van der Waals surface area contributed by atoms with Crippen LogP contribution in [0.2, 0.25) is 0 Å². The first-order valence-corrected chi connectivity index (χ1v) is 10.7. The molecule has 0 radical (unpaired) electrons. The maximum absolute atomic E-state index is 13.3. The average molecular weight is 463 g/mol. The van der Waals surface area contributed by atoms with Gasteiger partial charge >= 0.3 is 12.1 Å². The topological polar surface area (TPSA) is 118 Å². The molecule has 1 atom stereocenters. The van der Waals surface area contributed by atoms with Crippen LogP contribution in [-0.2, 0) is 14.3 Å². The Morgan fingerprint density at radius 3 is 2.24 bits per heavy atom. The normalized spacial score (nSPS) is 12.9. The number of nitrogens with zero attached hydrogens (tertiary/aromatic N) is 1. The minimum Gasteiger partial charge on any atom is -0.481 e. The van der Waals surface area contributed by atoms with Crippen LogP contribution in [0.5, 0.6) is 0 Å². The molecule has 174 valence electrons. The lowest BCUT2D eigenvalue weighted by Gasteiger charge is -2.19. The molecule has 0 bridgehead atoms. The van der Waals surface area contributed by atoms with Crippen molar-refractivity contribution in [2.75, 3.05) is 11.9 Å². The number of hydrogen-bond acceptors (Lipinski definition) is 5. The van der Waals surface area contributed by atoms with Crippen molar-refractivity contribution in [1.82, 2.24) is 10.3 Å². The number of carboxylic acid groups (broad SMARTS) is 1. The summed E-state index contributed by atoms with van der Waals surface area (Å²) in [6, 6.07) is 18.4. The molecule has 34 heavy (non-hydrogen) atoms. The molecule has 0 aliphatic heterocycles. The molecule has 4 rings (SSSR count). The molecule has 1 aliphatic carbocycles. The Bertz CT molecular complexity index is 1190. The van der Waals surface area contributed by atoms with Crippen LogP contribution in [-0.4, -0.2) is 40.7 Å². The molecule has 3 N–H and O–H groups in total. The highest BCUT2D eigenvalue weighted by molar-refractivity contribution is 5.96. The second kappa shape index (κ2) is 10.1. The fourth-order valence-electron chi connectivity index (χ4n) is 4.01. The van der Waals surface area contributed by atoms with Gasteiger partial charge in [-0.3, -0.25) is 9.59 Å². The Morgan fingerprint density at radius 2 is 1.62 bits per heavy atom. The molecule has 8 nitrogen and oxygen atoms in total. The third-order valence-electron chi connectivity index (χ3n) is 5.57. The minimum atomic E-state index is -1.21. The number of carbonyl (C=O) groups excluding carboxylic acids is 2. The standard InChI is InChI=1S/C25H22FN3O5/c26-21-10-5-11-22(28-21)29-24(32)20(12-13-23(30)31)27-25(33)34-14-19-17-8-3-1-6-15(17)16-7-2-4-9-18(16)19/h1-11,19-20H,12-14H2,(H,27,33)(H,30,31)(H,28,29,32). The number of pyridine rings is 1. The van der Waals surface area contributed by atoms with Crippen LogP contribution in [0.25, 0.3) is 11.1 Å². The summed E-state index contributed by atoms with van der Waals surface area (Å²) in [4.78, 5) is 39.7. The number of alkyl carbamates (subject to hydrolysis) is 1. The summed E-state index contributed by atoms with van der Waals surface area (Å²) in [5.74, 6) is -2.87. The number of benzene rings is 2. The van der Waals surface area contributed by atoms with Crippen LogP contribution in [0.1, 0.15) is 29.9 Å². The number of amides is 2. The van der Waals surface area contributed by atoms with Gasteiger partial charge in [-0.25, -0.2) is 9.78 Å². The number of ether oxygens (including phenoxy) is 1. The van der Waals surface area contributed by atoms with E-state index in [1.807, 2.05) is 48.5 Å². The van der Waals surface area contributed by atoms with E-state index in [0.717, 1.165) is 28.3 Å². The second-order valence-corrected chi connectivity index (χ2v) is 7.79. The predicted molar refractivity (Wildman–Crippen MR) is 122 cm³/mol. The fourth-order valence-corrected chi connectivity index (χ4v) is 4.01. The van der Waals surface area contributed by atoms with Crippen molar-refractivity contribution in [3.63, 3.8) is 0 Å². The number of hydrogen-bond donors (Lipinski definition) is 3. The summed E-state index contributed by atoms with van der Waals surface area (Å²) in [6.07, 6.45) is -1.40. The van der Waals surface area contributed by atoms with Crippen molar-refractivity contribution in [2.24, 2.45) is 0 Å². The fraction of sp³-hybridized carbons (Fsp3) is 0.200. The first kappa shape index (κ1) is 22.9. The van der Waals surface area contributed by atoms with E-state index in [2.05, 4.69) is 15.6 Å². The van der Waals surface area contributed by atoms with Gasteiger partial charge in [-0.15, -0.1) is 0 Å². The zero-order chi connectivity index (χ0) is 24.1. The summed E-state index contributed by atoms with van der Waals surface area (Å²) in [5, 5.41) is 13.8. The van der Waals surface area contributed by atoms with Gasteiger partial charge in [0.1, 0.15) is 18.5 Å². The lowest BCUT2D eigenvalue weighted by atomic mass is 9.98. The Morgan fingerprint density at radius 1 is 0.971 bits per heavy atom. The number of carboxylic acids is 1. The largest absolute Gasteiger partial charge is 0.481 e. The molecule has 0 saturated carbocycles. The van der Waals surface area contributed by atoms with Crippen molar-refractivity contribution >= 4 is 23.8 Å². The monoisotopic (exact) mass is 463 g/mol. The van der Waals surface area contributed by atoms with Gasteiger partial charge in [0.25, 0.3) is 0 Å². The first-order valence-electron chi connectivity index (χ1n) is 10.7. The highest BCUT2D eigenvalue weighted by atomic mass is 19.1. The third kappa shape index (κ3) is 5.20. The lowest BCUT2D eigenvalue weighted by Crippen LogP contribution is -2.44.